The largest absolute Gasteiger partial charge is 0.497 e. The average molecular weight is 367 g/mol. The zero-order chi connectivity index (χ0) is 18.6. The van der Waals surface area contributed by atoms with Crippen LogP contribution in [0.5, 0.6) is 5.75 Å². The Labute approximate surface area is 157 Å². The van der Waals surface area contributed by atoms with Gasteiger partial charge in [-0.05, 0) is 31.2 Å². The van der Waals surface area contributed by atoms with Crippen LogP contribution >= 0.6 is 0 Å². The van der Waals surface area contributed by atoms with E-state index in [9.17, 15) is 0 Å². The third kappa shape index (κ3) is 3.91. The molecule has 0 atom stereocenters. The van der Waals surface area contributed by atoms with Crippen LogP contribution in [0.15, 0.2) is 41.1 Å². The first-order chi connectivity index (χ1) is 13.2. The summed E-state index contributed by atoms with van der Waals surface area (Å²) in [5.74, 6) is 3.39. The molecule has 140 valence electrons. The molecule has 0 aliphatic carbocycles. The smallest absolute Gasteiger partial charge is 0.247 e. The number of piperazine rings is 1. The summed E-state index contributed by atoms with van der Waals surface area (Å²) in [6.45, 7) is 5.25. The predicted octanol–water partition coefficient (Wildman–Crippen LogP) is 2.25. The summed E-state index contributed by atoms with van der Waals surface area (Å²) in [7, 11) is 1.68. The van der Waals surface area contributed by atoms with Crippen molar-refractivity contribution >= 4 is 23.3 Å². The second-order valence-corrected chi connectivity index (χ2v) is 6.26. The minimum Gasteiger partial charge on any atom is -0.497 e. The molecule has 3 aromatic rings. The van der Waals surface area contributed by atoms with Gasteiger partial charge in [0, 0.05) is 37.9 Å². The van der Waals surface area contributed by atoms with E-state index >= 15 is 0 Å². The maximum Gasteiger partial charge on any atom is 0.247 e. The van der Waals surface area contributed by atoms with Crippen LogP contribution in [0.4, 0.5) is 23.3 Å². The van der Waals surface area contributed by atoms with Gasteiger partial charge >= 0.3 is 0 Å². The SMILES string of the molecule is COc1ccc(N2CCN(c3nncc(Nc4cc(C)on4)n3)CC2)cc1. The highest BCUT2D eigenvalue weighted by Gasteiger charge is 2.20. The van der Waals surface area contributed by atoms with Crippen molar-refractivity contribution in [2.24, 2.45) is 0 Å². The summed E-state index contributed by atoms with van der Waals surface area (Å²) in [5.41, 5.74) is 1.19. The van der Waals surface area contributed by atoms with Crippen LogP contribution in [0, 0.1) is 6.92 Å². The summed E-state index contributed by atoms with van der Waals surface area (Å²) < 4.78 is 10.3. The molecule has 1 aliphatic heterocycles. The van der Waals surface area contributed by atoms with Crippen molar-refractivity contribution in [1.82, 2.24) is 20.3 Å². The molecule has 0 saturated carbocycles. The van der Waals surface area contributed by atoms with Crippen LogP contribution in [0.25, 0.3) is 0 Å². The Morgan fingerprint density at radius 3 is 2.44 bits per heavy atom. The van der Waals surface area contributed by atoms with Crippen molar-refractivity contribution in [2.75, 3.05) is 48.4 Å². The van der Waals surface area contributed by atoms with E-state index in [1.54, 1.807) is 19.4 Å². The minimum absolute atomic E-state index is 0.589. The molecule has 1 fully saturated rings. The molecule has 0 bridgehead atoms. The van der Waals surface area contributed by atoms with Crippen LogP contribution in [0.1, 0.15) is 5.76 Å². The number of hydrogen-bond acceptors (Lipinski definition) is 9. The molecule has 0 unspecified atom stereocenters. The van der Waals surface area contributed by atoms with E-state index in [1.807, 2.05) is 19.1 Å². The number of aromatic nitrogens is 4. The minimum atomic E-state index is 0.589. The second kappa shape index (κ2) is 7.48. The van der Waals surface area contributed by atoms with Gasteiger partial charge in [-0.3, -0.25) is 0 Å². The molecule has 1 aromatic carbocycles. The van der Waals surface area contributed by atoms with Crippen molar-refractivity contribution < 1.29 is 9.26 Å². The van der Waals surface area contributed by atoms with Gasteiger partial charge in [0.2, 0.25) is 5.95 Å². The molecule has 0 amide bonds. The van der Waals surface area contributed by atoms with Crippen molar-refractivity contribution in [1.29, 1.82) is 0 Å². The van der Waals surface area contributed by atoms with Crippen LogP contribution in [-0.2, 0) is 0 Å². The summed E-state index contributed by atoms with van der Waals surface area (Å²) in [5, 5.41) is 15.2. The lowest BCUT2D eigenvalue weighted by atomic mass is 10.2. The van der Waals surface area contributed by atoms with Gasteiger partial charge in [-0.15, -0.1) is 5.10 Å². The Morgan fingerprint density at radius 2 is 1.78 bits per heavy atom. The van der Waals surface area contributed by atoms with E-state index in [4.69, 9.17) is 9.26 Å². The summed E-state index contributed by atoms with van der Waals surface area (Å²) in [6, 6.07) is 9.92. The van der Waals surface area contributed by atoms with Gasteiger partial charge in [0.1, 0.15) is 11.5 Å². The zero-order valence-electron chi connectivity index (χ0n) is 15.3. The summed E-state index contributed by atoms with van der Waals surface area (Å²) in [4.78, 5) is 9.01. The molecule has 1 saturated heterocycles. The maximum absolute atomic E-state index is 5.22. The fourth-order valence-corrected chi connectivity index (χ4v) is 3.00. The van der Waals surface area contributed by atoms with Gasteiger partial charge in [-0.2, -0.15) is 10.1 Å². The molecule has 4 rings (SSSR count). The van der Waals surface area contributed by atoms with Gasteiger partial charge in [0.15, 0.2) is 11.6 Å². The summed E-state index contributed by atoms with van der Waals surface area (Å²) >= 11 is 0. The summed E-state index contributed by atoms with van der Waals surface area (Å²) in [6.07, 6.45) is 1.57. The topological polar surface area (TPSA) is 92.4 Å². The van der Waals surface area contributed by atoms with Crippen LogP contribution in [0.3, 0.4) is 0 Å². The first-order valence-electron chi connectivity index (χ1n) is 8.75. The Hall–Kier alpha value is -3.36. The number of methoxy groups -OCH3 is 1. The lowest BCUT2D eigenvalue weighted by Gasteiger charge is -2.36. The number of hydrogen-bond donors (Lipinski definition) is 1. The number of rotatable bonds is 5. The van der Waals surface area contributed by atoms with E-state index in [2.05, 4.69) is 47.6 Å². The molecule has 9 heteroatoms. The Kier molecular flexibility index (Phi) is 4.73. The molecule has 27 heavy (non-hydrogen) atoms. The monoisotopic (exact) mass is 367 g/mol. The first kappa shape index (κ1) is 17.1. The predicted molar refractivity (Wildman–Crippen MR) is 102 cm³/mol. The third-order valence-corrected chi connectivity index (χ3v) is 4.43. The molecule has 0 spiro atoms. The molecule has 9 nitrogen and oxygen atoms in total. The van der Waals surface area contributed by atoms with E-state index in [1.165, 1.54) is 5.69 Å². The van der Waals surface area contributed by atoms with Crippen molar-refractivity contribution in [3.8, 4) is 5.75 Å². The van der Waals surface area contributed by atoms with E-state index in [0.29, 0.717) is 17.6 Å². The quantitative estimate of drug-likeness (QED) is 0.729. The molecular weight excluding hydrogens is 346 g/mol. The standard InChI is InChI=1S/C18H21N7O2/c1-13-11-16(23-27-13)20-17-12-19-22-18(21-17)25-9-7-24(8-10-25)14-3-5-15(26-2)6-4-14/h3-6,11-12H,7-10H2,1-2H3,(H,20,21,22,23). The number of nitrogens with one attached hydrogen (secondary N) is 1. The Morgan fingerprint density at radius 1 is 1.04 bits per heavy atom. The van der Waals surface area contributed by atoms with Gasteiger partial charge in [0.25, 0.3) is 0 Å². The molecule has 3 heterocycles. The number of anilines is 4. The first-order valence-corrected chi connectivity index (χ1v) is 8.75. The normalized spacial score (nSPS) is 14.3. The molecular formula is C18H21N7O2. The van der Waals surface area contributed by atoms with Gasteiger partial charge in [0.05, 0.1) is 13.3 Å². The van der Waals surface area contributed by atoms with Gasteiger partial charge in [-0.25, -0.2) is 0 Å². The molecule has 1 N–H and O–H groups in total. The third-order valence-electron chi connectivity index (χ3n) is 4.43. The van der Waals surface area contributed by atoms with E-state index in [0.717, 1.165) is 37.7 Å². The van der Waals surface area contributed by atoms with Crippen LogP contribution < -0.4 is 19.9 Å². The van der Waals surface area contributed by atoms with E-state index in [-0.39, 0.29) is 0 Å². The second-order valence-electron chi connectivity index (χ2n) is 6.26. The lowest BCUT2D eigenvalue weighted by molar-refractivity contribution is 0.400. The fourth-order valence-electron chi connectivity index (χ4n) is 3.00. The number of nitrogens with zero attached hydrogens (tertiary/aromatic N) is 6. The molecule has 0 radical (unpaired) electrons. The Balaban J connectivity index is 1.39. The zero-order valence-corrected chi connectivity index (χ0v) is 15.3. The Bertz CT molecular complexity index is 889. The van der Waals surface area contributed by atoms with Crippen LogP contribution in [0.2, 0.25) is 0 Å². The number of aryl methyl sites for hydroxylation is 1. The van der Waals surface area contributed by atoms with Crippen molar-refractivity contribution in [3.05, 3.63) is 42.3 Å². The molecule has 2 aromatic heterocycles. The van der Waals surface area contributed by atoms with Crippen molar-refractivity contribution in [3.63, 3.8) is 0 Å². The fraction of sp³-hybridized carbons (Fsp3) is 0.333. The van der Waals surface area contributed by atoms with Gasteiger partial charge < -0.3 is 24.4 Å². The highest BCUT2D eigenvalue weighted by atomic mass is 16.5. The molecule has 1 aliphatic rings. The van der Waals surface area contributed by atoms with Crippen LogP contribution in [-0.4, -0.2) is 53.6 Å². The number of benzene rings is 1. The highest BCUT2D eigenvalue weighted by Crippen LogP contribution is 2.22. The lowest BCUT2D eigenvalue weighted by Crippen LogP contribution is -2.47. The average Bonchev–Trinajstić information content (AvgIpc) is 3.13. The van der Waals surface area contributed by atoms with Gasteiger partial charge in [-0.1, -0.05) is 5.16 Å². The number of ether oxygens (including phenoxy) is 1. The van der Waals surface area contributed by atoms with E-state index < -0.39 is 0 Å². The maximum atomic E-state index is 5.22. The highest BCUT2D eigenvalue weighted by molar-refractivity contribution is 5.53. The van der Waals surface area contributed by atoms with Crippen molar-refractivity contribution in [2.45, 2.75) is 6.92 Å².